The number of nitrogens with zero attached hydrogens (tertiary/aromatic N) is 1. The van der Waals surface area contributed by atoms with Crippen molar-refractivity contribution in [2.45, 2.75) is 26.1 Å². The Morgan fingerprint density at radius 1 is 1.21 bits per heavy atom. The third-order valence-corrected chi connectivity index (χ3v) is 4.35. The van der Waals surface area contributed by atoms with Crippen molar-refractivity contribution in [1.29, 1.82) is 0 Å². The van der Waals surface area contributed by atoms with Crippen molar-refractivity contribution in [3.05, 3.63) is 29.8 Å². The van der Waals surface area contributed by atoms with Gasteiger partial charge in [0.25, 0.3) is 5.91 Å². The topological polar surface area (TPSA) is 53.9 Å². The van der Waals surface area contributed by atoms with E-state index >= 15 is 0 Å². The molecule has 1 saturated heterocycles. The molecule has 1 atom stereocenters. The van der Waals surface area contributed by atoms with Crippen molar-refractivity contribution in [3.63, 3.8) is 0 Å². The predicted octanol–water partition coefficient (Wildman–Crippen LogP) is 0.779. The first kappa shape index (κ1) is 18.3. The van der Waals surface area contributed by atoms with E-state index < -0.39 is 23.7 Å². The van der Waals surface area contributed by atoms with Crippen LogP contribution in [-0.2, 0) is 15.8 Å². The molecule has 1 heterocycles. The van der Waals surface area contributed by atoms with E-state index in [0.717, 1.165) is 11.0 Å². The van der Waals surface area contributed by atoms with Crippen molar-refractivity contribution in [2.24, 2.45) is 0 Å². The monoisotopic (exact) mass is 344 g/mol. The summed E-state index contributed by atoms with van der Waals surface area (Å²) in [6, 6.07) is 4.43. The highest BCUT2D eigenvalue weighted by molar-refractivity contribution is 5.94. The molecule has 24 heavy (non-hydrogen) atoms. The largest absolute Gasteiger partial charge is 0.418 e. The van der Waals surface area contributed by atoms with E-state index in [1.54, 1.807) is 11.8 Å². The van der Waals surface area contributed by atoms with Crippen molar-refractivity contribution < 1.29 is 27.7 Å². The van der Waals surface area contributed by atoms with E-state index in [-0.39, 0.29) is 11.6 Å². The third-order valence-electron chi connectivity index (χ3n) is 4.35. The molecule has 0 spiro atoms. The lowest BCUT2D eigenvalue weighted by Crippen LogP contribution is -3.19. The minimum atomic E-state index is -4.52. The smallest absolute Gasteiger partial charge is 0.332 e. The summed E-state index contributed by atoms with van der Waals surface area (Å²) in [5.41, 5.74) is -1.09. The number of quaternary nitrogens is 1. The van der Waals surface area contributed by atoms with E-state index in [4.69, 9.17) is 0 Å². The summed E-state index contributed by atoms with van der Waals surface area (Å²) in [6.07, 6.45) is -4.52. The van der Waals surface area contributed by atoms with Gasteiger partial charge in [0.1, 0.15) is 0 Å². The van der Waals surface area contributed by atoms with Gasteiger partial charge in [-0.1, -0.05) is 12.1 Å². The molecule has 2 N–H and O–H groups in total. The van der Waals surface area contributed by atoms with Crippen molar-refractivity contribution in [1.82, 2.24) is 4.90 Å². The third kappa shape index (κ3) is 4.25. The van der Waals surface area contributed by atoms with Gasteiger partial charge in [-0.2, -0.15) is 13.2 Å². The first-order chi connectivity index (χ1) is 11.2. The molecule has 1 fully saturated rings. The maximum absolute atomic E-state index is 13.0. The molecule has 0 bridgehead atoms. The molecule has 2 amide bonds. The van der Waals surface area contributed by atoms with Crippen LogP contribution >= 0.6 is 0 Å². The molecular formula is C16H21F3N3O2+. The van der Waals surface area contributed by atoms with Crippen molar-refractivity contribution in [2.75, 3.05) is 31.5 Å². The highest BCUT2D eigenvalue weighted by atomic mass is 19.4. The maximum atomic E-state index is 13.0. The Morgan fingerprint density at radius 3 is 2.33 bits per heavy atom. The van der Waals surface area contributed by atoms with Crippen LogP contribution in [0, 0.1) is 0 Å². The molecule has 5 nitrogen and oxygen atoms in total. The Balaban J connectivity index is 2.02. The fourth-order valence-electron chi connectivity index (χ4n) is 2.81. The van der Waals surface area contributed by atoms with Crippen molar-refractivity contribution >= 4 is 17.5 Å². The Bertz CT molecular complexity index is 611. The van der Waals surface area contributed by atoms with Crippen LogP contribution in [0.1, 0.15) is 19.4 Å². The number of carbonyl (C=O) groups excluding carboxylic acids is 2. The Labute approximate surface area is 138 Å². The van der Waals surface area contributed by atoms with E-state index in [1.807, 2.05) is 0 Å². The normalized spacial score (nSPS) is 17.5. The lowest BCUT2D eigenvalue weighted by Gasteiger charge is -2.34. The van der Waals surface area contributed by atoms with Crippen LogP contribution in [0.3, 0.4) is 0 Å². The lowest BCUT2D eigenvalue weighted by molar-refractivity contribution is -0.917. The van der Waals surface area contributed by atoms with Crippen LogP contribution < -0.4 is 10.2 Å². The highest BCUT2D eigenvalue weighted by Crippen LogP contribution is 2.34. The van der Waals surface area contributed by atoms with Crippen LogP contribution in [-0.4, -0.2) is 48.9 Å². The molecule has 0 aromatic heterocycles. The zero-order valence-electron chi connectivity index (χ0n) is 13.6. The van der Waals surface area contributed by atoms with Crippen LogP contribution in [0.4, 0.5) is 18.9 Å². The summed E-state index contributed by atoms with van der Waals surface area (Å²) in [5, 5.41) is 2.39. The second-order valence-electron chi connectivity index (χ2n) is 5.92. The average molecular weight is 344 g/mol. The number of halogens is 3. The Hall–Kier alpha value is -2.09. The summed E-state index contributed by atoms with van der Waals surface area (Å²) in [6.45, 7) is 5.45. The predicted molar refractivity (Wildman–Crippen MR) is 82.5 cm³/mol. The number of piperazine rings is 1. The van der Waals surface area contributed by atoms with E-state index in [2.05, 4.69) is 5.32 Å². The van der Waals surface area contributed by atoms with Gasteiger partial charge in [-0.3, -0.25) is 9.59 Å². The second kappa shape index (κ2) is 7.21. The van der Waals surface area contributed by atoms with Gasteiger partial charge in [-0.25, -0.2) is 0 Å². The van der Waals surface area contributed by atoms with Gasteiger partial charge in [0.05, 0.1) is 37.4 Å². The Kier molecular flexibility index (Phi) is 5.48. The summed E-state index contributed by atoms with van der Waals surface area (Å²) < 4.78 is 38.9. The fraction of sp³-hybridized carbons (Fsp3) is 0.500. The number of alkyl halides is 3. The molecule has 132 valence electrons. The number of carbonyl (C=O) groups is 2. The van der Waals surface area contributed by atoms with Gasteiger partial charge in [0, 0.05) is 6.92 Å². The molecule has 0 saturated carbocycles. The Morgan fingerprint density at radius 2 is 1.79 bits per heavy atom. The minimum Gasteiger partial charge on any atom is -0.332 e. The quantitative estimate of drug-likeness (QED) is 0.852. The standard InChI is InChI=1S/C16H20F3N3O2/c1-11(21-7-9-22(10-8-21)12(2)23)15(24)20-14-6-4-3-5-13(14)16(17,18)19/h3-6,11H,7-10H2,1-2H3,(H,20,24)/p+1/t11-/m0/s1. The molecule has 8 heteroatoms. The number of hydrogen-bond donors (Lipinski definition) is 2. The summed E-state index contributed by atoms with van der Waals surface area (Å²) in [4.78, 5) is 26.3. The first-order valence-electron chi connectivity index (χ1n) is 7.77. The van der Waals surface area contributed by atoms with E-state index in [0.29, 0.717) is 26.2 Å². The minimum absolute atomic E-state index is 0.00902. The summed E-state index contributed by atoms with van der Waals surface area (Å²) in [7, 11) is 0. The van der Waals surface area contributed by atoms with Crippen LogP contribution in [0.25, 0.3) is 0 Å². The van der Waals surface area contributed by atoms with Gasteiger partial charge < -0.3 is 15.1 Å². The van der Waals surface area contributed by atoms with Gasteiger partial charge >= 0.3 is 6.18 Å². The number of nitrogens with one attached hydrogen (secondary N) is 2. The van der Waals surface area contributed by atoms with E-state index in [1.165, 1.54) is 25.1 Å². The molecule has 1 aromatic carbocycles. The highest BCUT2D eigenvalue weighted by Gasteiger charge is 2.35. The molecule has 0 aliphatic carbocycles. The number of benzene rings is 1. The average Bonchev–Trinajstić information content (AvgIpc) is 2.53. The fourth-order valence-corrected chi connectivity index (χ4v) is 2.81. The van der Waals surface area contributed by atoms with Gasteiger partial charge in [-0.05, 0) is 19.1 Å². The van der Waals surface area contributed by atoms with Gasteiger partial charge in [0.15, 0.2) is 6.04 Å². The molecular weight excluding hydrogens is 323 g/mol. The summed E-state index contributed by atoms with van der Waals surface area (Å²) in [5.74, 6) is -0.469. The lowest BCUT2D eigenvalue weighted by atomic mass is 10.1. The number of rotatable bonds is 3. The molecule has 1 aromatic rings. The van der Waals surface area contributed by atoms with E-state index in [9.17, 15) is 22.8 Å². The number of anilines is 1. The SMILES string of the molecule is CC(=O)N1CC[NH+]([C@@H](C)C(=O)Nc2ccccc2C(F)(F)F)CC1. The second-order valence-corrected chi connectivity index (χ2v) is 5.92. The van der Waals surface area contributed by atoms with Crippen molar-refractivity contribution in [3.8, 4) is 0 Å². The molecule has 1 aliphatic rings. The first-order valence-corrected chi connectivity index (χ1v) is 7.77. The number of hydrogen-bond acceptors (Lipinski definition) is 2. The summed E-state index contributed by atoms with van der Waals surface area (Å²) >= 11 is 0. The van der Waals surface area contributed by atoms with Gasteiger partial charge in [0.2, 0.25) is 5.91 Å². The molecule has 2 rings (SSSR count). The number of para-hydroxylation sites is 1. The maximum Gasteiger partial charge on any atom is 0.418 e. The molecule has 0 unspecified atom stereocenters. The zero-order valence-corrected chi connectivity index (χ0v) is 13.6. The van der Waals surface area contributed by atoms with Crippen LogP contribution in [0.15, 0.2) is 24.3 Å². The molecule has 1 aliphatic heterocycles. The van der Waals surface area contributed by atoms with Crippen LogP contribution in [0.5, 0.6) is 0 Å². The molecule has 0 radical (unpaired) electrons. The van der Waals surface area contributed by atoms with Gasteiger partial charge in [-0.15, -0.1) is 0 Å². The van der Waals surface area contributed by atoms with Crippen LogP contribution in [0.2, 0.25) is 0 Å². The number of amides is 2. The zero-order chi connectivity index (χ0) is 17.9.